The number of hydrogen-bond donors (Lipinski definition) is 1. The van der Waals surface area contributed by atoms with Gasteiger partial charge in [0.15, 0.2) is 6.10 Å². The predicted molar refractivity (Wildman–Crippen MR) is 130 cm³/mol. The molecule has 0 radical (unpaired) electrons. The van der Waals surface area contributed by atoms with E-state index >= 15 is 0 Å². The number of anilines is 2. The van der Waals surface area contributed by atoms with E-state index in [1.165, 1.54) is 12.0 Å². The van der Waals surface area contributed by atoms with Crippen molar-refractivity contribution in [1.29, 1.82) is 0 Å². The lowest BCUT2D eigenvalue weighted by molar-refractivity contribution is -0.128. The number of esters is 1. The van der Waals surface area contributed by atoms with Crippen molar-refractivity contribution in [3.63, 3.8) is 0 Å². The fourth-order valence-corrected chi connectivity index (χ4v) is 4.74. The molecule has 3 aromatic rings. The molecule has 8 nitrogen and oxygen atoms in total. The molecule has 34 heavy (non-hydrogen) atoms. The monoisotopic (exact) mass is 479 g/mol. The minimum atomic E-state index is -0.684. The molecule has 4 rings (SSSR count). The Labute approximate surface area is 201 Å². The summed E-state index contributed by atoms with van der Waals surface area (Å²) >= 11 is 1.60. The second-order valence-electron chi connectivity index (χ2n) is 7.84. The van der Waals surface area contributed by atoms with E-state index in [4.69, 9.17) is 9.47 Å². The van der Waals surface area contributed by atoms with E-state index in [0.717, 1.165) is 21.1 Å². The summed E-state index contributed by atoms with van der Waals surface area (Å²) in [4.78, 5) is 45.3. The first-order valence-electron chi connectivity index (χ1n) is 10.9. The molecule has 0 saturated carbocycles. The topological polar surface area (TPSA) is 97.8 Å². The molecular weight excluding hydrogens is 454 g/mol. The summed E-state index contributed by atoms with van der Waals surface area (Å²) in [5.74, 6) is -0.774. The molecule has 2 aromatic carbocycles. The van der Waals surface area contributed by atoms with Crippen LogP contribution in [0.4, 0.5) is 11.4 Å². The molecule has 2 amide bonds. The van der Waals surface area contributed by atoms with Gasteiger partial charge in [-0.1, -0.05) is 19.1 Å². The van der Waals surface area contributed by atoms with Gasteiger partial charge >= 0.3 is 5.97 Å². The van der Waals surface area contributed by atoms with Crippen LogP contribution in [0.2, 0.25) is 0 Å². The Bertz CT molecular complexity index is 1270. The molecule has 176 valence electrons. The van der Waals surface area contributed by atoms with Crippen LogP contribution in [0.1, 0.15) is 33.6 Å². The lowest BCUT2D eigenvalue weighted by atomic mass is 10.1. The zero-order valence-corrected chi connectivity index (χ0v) is 20.2. The standard InChI is InChI=1S/C25H25N3O5S/c1-5-20-24(30)28(13-22(29)27-18-9-7-6-8-17(18)25(31)32-4)19-12-16(10-11-21(19)33-20)23-14(2)34-15(3)26-23/h6-12,20H,5,13H2,1-4H3,(H,27,29). The van der Waals surface area contributed by atoms with Crippen molar-refractivity contribution in [1.82, 2.24) is 4.98 Å². The number of thiazole rings is 1. The number of hydrogen-bond acceptors (Lipinski definition) is 7. The van der Waals surface area contributed by atoms with Gasteiger partial charge in [0.25, 0.3) is 5.91 Å². The highest BCUT2D eigenvalue weighted by Gasteiger charge is 2.35. The van der Waals surface area contributed by atoms with Crippen LogP contribution in [0, 0.1) is 13.8 Å². The number of benzene rings is 2. The Hall–Kier alpha value is -3.72. The third-order valence-corrected chi connectivity index (χ3v) is 6.40. The number of ether oxygens (including phenoxy) is 2. The summed E-state index contributed by atoms with van der Waals surface area (Å²) < 4.78 is 10.7. The first-order valence-corrected chi connectivity index (χ1v) is 11.7. The SMILES string of the molecule is CCC1Oc2ccc(-c3nc(C)sc3C)cc2N(CC(=O)Nc2ccccc2C(=O)OC)C1=O. The van der Waals surface area contributed by atoms with Gasteiger partial charge in [0.1, 0.15) is 12.3 Å². The largest absolute Gasteiger partial charge is 0.478 e. The summed E-state index contributed by atoms with van der Waals surface area (Å²) in [6.07, 6.45) is -0.218. The fourth-order valence-electron chi connectivity index (χ4n) is 3.90. The van der Waals surface area contributed by atoms with Gasteiger partial charge in [-0.2, -0.15) is 0 Å². The highest BCUT2D eigenvalue weighted by molar-refractivity contribution is 7.11. The van der Waals surface area contributed by atoms with E-state index < -0.39 is 18.0 Å². The highest BCUT2D eigenvalue weighted by Crippen LogP contribution is 2.39. The number of nitrogens with zero attached hydrogens (tertiary/aromatic N) is 2. The Morgan fingerprint density at radius 1 is 1.21 bits per heavy atom. The summed E-state index contributed by atoms with van der Waals surface area (Å²) in [5, 5.41) is 3.68. The van der Waals surface area contributed by atoms with Crippen LogP contribution < -0.4 is 15.0 Å². The van der Waals surface area contributed by atoms with Crippen LogP contribution in [-0.4, -0.2) is 42.5 Å². The quantitative estimate of drug-likeness (QED) is 0.528. The molecule has 2 heterocycles. The zero-order valence-electron chi connectivity index (χ0n) is 19.4. The Morgan fingerprint density at radius 3 is 2.65 bits per heavy atom. The van der Waals surface area contributed by atoms with Gasteiger partial charge in [0.2, 0.25) is 5.91 Å². The van der Waals surface area contributed by atoms with Crippen LogP contribution in [0.25, 0.3) is 11.3 Å². The van der Waals surface area contributed by atoms with Crippen molar-refractivity contribution in [3.8, 4) is 17.0 Å². The number of rotatable bonds is 6. The van der Waals surface area contributed by atoms with E-state index in [9.17, 15) is 14.4 Å². The summed E-state index contributed by atoms with van der Waals surface area (Å²) in [6, 6.07) is 12.1. The van der Waals surface area contributed by atoms with Crippen LogP contribution in [0.3, 0.4) is 0 Å². The van der Waals surface area contributed by atoms with Crippen molar-refractivity contribution in [3.05, 3.63) is 57.9 Å². The first-order chi connectivity index (χ1) is 16.3. The average molecular weight is 480 g/mol. The van der Waals surface area contributed by atoms with E-state index in [0.29, 0.717) is 23.5 Å². The zero-order chi connectivity index (χ0) is 24.4. The molecule has 1 N–H and O–H groups in total. The predicted octanol–water partition coefficient (Wildman–Crippen LogP) is 4.36. The van der Waals surface area contributed by atoms with Gasteiger partial charge in [0.05, 0.1) is 34.7 Å². The lowest BCUT2D eigenvalue weighted by Crippen LogP contribution is -2.48. The number of aromatic nitrogens is 1. The average Bonchev–Trinajstić information content (AvgIpc) is 3.17. The van der Waals surface area contributed by atoms with E-state index in [2.05, 4.69) is 10.3 Å². The summed E-state index contributed by atoms with van der Waals surface area (Å²) in [7, 11) is 1.28. The van der Waals surface area contributed by atoms with Crippen LogP contribution in [-0.2, 0) is 14.3 Å². The minimum Gasteiger partial charge on any atom is -0.478 e. The molecule has 0 aliphatic carbocycles. The third-order valence-electron chi connectivity index (χ3n) is 5.52. The maximum atomic E-state index is 13.2. The van der Waals surface area contributed by atoms with Crippen molar-refractivity contribution in [2.45, 2.75) is 33.3 Å². The maximum absolute atomic E-state index is 13.2. The number of carbonyl (C=O) groups excluding carboxylic acids is 3. The number of nitrogens with one attached hydrogen (secondary N) is 1. The summed E-state index contributed by atoms with van der Waals surface area (Å²) in [5.41, 5.74) is 2.73. The van der Waals surface area contributed by atoms with Crippen molar-refractivity contribution in [2.75, 3.05) is 23.9 Å². The molecule has 1 aromatic heterocycles. The van der Waals surface area contributed by atoms with E-state index in [-0.39, 0.29) is 18.0 Å². The number of fused-ring (bicyclic) bond motifs is 1. The molecule has 1 aliphatic rings. The molecular formula is C25H25N3O5S. The highest BCUT2D eigenvalue weighted by atomic mass is 32.1. The molecule has 0 bridgehead atoms. The smallest absolute Gasteiger partial charge is 0.339 e. The number of amides is 2. The van der Waals surface area contributed by atoms with Gasteiger partial charge < -0.3 is 14.8 Å². The number of methoxy groups -OCH3 is 1. The molecule has 0 spiro atoms. The van der Waals surface area contributed by atoms with Gasteiger partial charge in [-0.25, -0.2) is 9.78 Å². The molecule has 9 heteroatoms. The minimum absolute atomic E-state index is 0.232. The van der Waals surface area contributed by atoms with Crippen molar-refractivity contribution in [2.24, 2.45) is 0 Å². The first kappa shape index (κ1) is 23.4. The number of para-hydroxylation sites is 1. The summed E-state index contributed by atoms with van der Waals surface area (Å²) in [6.45, 7) is 5.56. The normalized spacial score (nSPS) is 14.9. The van der Waals surface area contributed by atoms with Gasteiger partial charge in [-0.15, -0.1) is 11.3 Å². The van der Waals surface area contributed by atoms with Crippen molar-refractivity contribution >= 4 is 40.5 Å². The maximum Gasteiger partial charge on any atom is 0.339 e. The Balaban J connectivity index is 1.66. The van der Waals surface area contributed by atoms with Crippen LogP contribution >= 0.6 is 11.3 Å². The molecule has 0 fully saturated rings. The Kier molecular flexibility index (Phi) is 6.65. The van der Waals surface area contributed by atoms with Gasteiger partial charge in [0, 0.05) is 10.4 Å². The van der Waals surface area contributed by atoms with Crippen LogP contribution in [0.15, 0.2) is 42.5 Å². The van der Waals surface area contributed by atoms with Crippen LogP contribution in [0.5, 0.6) is 5.75 Å². The van der Waals surface area contributed by atoms with Crippen molar-refractivity contribution < 1.29 is 23.9 Å². The molecule has 1 atom stereocenters. The second-order valence-corrected chi connectivity index (χ2v) is 9.25. The number of aryl methyl sites for hydroxylation is 2. The Morgan fingerprint density at radius 2 is 1.97 bits per heavy atom. The van der Waals surface area contributed by atoms with E-state index in [1.54, 1.807) is 35.6 Å². The second kappa shape index (κ2) is 9.64. The van der Waals surface area contributed by atoms with E-state index in [1.807, 2.05) is 39.0 Å². The molecule has 0 saturated heterocycles. The molecule has 1 unspecified atom stereocenters. The number of carbonyl (C=O) groups is 3. The van der Waals surface area contributed by atoms with Gasteiger partial charge in [-0.3, -0.25) is 14.5 Å². The fraction of sp³-hybridized carbons (Fsp3) is 0.280. The molecule has 1 aliphatic heterocycles. The third kappa shape index (κ3) is 4.51. The lowest BCUT2D eigenvalue weighted by Gasteiger charge is -2.34. The van der Waals surface area contributed by atoms with Gasteiger partial charge in [-0.05, 0) is 50.6 Å².